The third kappa shape index (κ3) is 3.92. The van der Waals surface area contributed by atoms with E-state index in [0.29, 0.717) is 12.8 Å². The molecular formula is C12H20N2O5. The molecule has 7 heteroatoms. The number of rotatable bonds is 6. The molecule has 108 valence electrons. The molecule has 1 rings (SSSR count). The molecule has 1 aliphatic rings. The highest BCUT2D eigenvalue weighted by Crippen LogP contribution is 2.35. The predicted molar refractivity (Wildman–Crippen MR) is 66.4 cm³/mol. The molecule has 0 aromatic carbocycles. The van der Waals surface area contributed by atoms with Crippen molar-refractivity contribution in [3.8, 4) is 0 Å². The second-order valence-electron chi connectivity index (χ2n) is 5.01. The zero-order valence-electron chi connectivity index (χ0n) is 10.7. The quantitative estimate of drug-likeness (QED) is 0.536. The highest BCUT2D eigenvalue weighted by molar-refractivity contribution is 5.89. The number of hydrogen-bond donors (Lipinski definition) is 4. The zero-order valence-corrected chi connectivity index (χ0v) is 10.7. The van der Waals surface area contributed by atoms with Crippen LogP contribution in [0.3, 0.4) is 0 Å². The Labute approximate surface area is 111 Å². The van der Waals surface area contributed by atoms with Crippen LogP contribution < -0.4 is 11.1 Å². The van der Waals surface area contributed by atoms with Crippen molar-refractivity contribution in [1.29, 1.82) is 0 Å². The average molecular weight is 272 g/mol. The molecular weight excluding hydrogens is 252 g/mol. The SMILES string of the molecule is NCC1(C(=O)NC(CC(=O)O)C(=O)O)CCCCC1. The Morgan fingerprint density at radius 2 is 1.74 bits per heavy atom. The topological polar surface area (TPSA) is 130 Å². The summed E-state index contributed by atoms with van der Waals surface area (Å²) in [5.41, 5.74) is 4.92. The van der Waals surface area contributed by atoms with Crippen LogP contribution in [0.25, 0.3) is 0 Å². The molecule has 0 bridgehead atoms. The Morgan fingerprint density at radius 1 is 1.16 bits per heavy atom. The Kier molecular flexibility index (Phi) is 5.29. The first-order chi connectivity index (χ1) is 8.91. The van der Waals surface area contributed by atoms with Gasteiger partial charge in [-0.3, -0.25) is 9.59 Å². The van der Waals surface area contributed by atoms with Crippen molar-refractivity contribution in [2.45, 2.75) is 44.6 Å². The number of carboxylic acid groups (broad SMARTS) is 2. The highest BCUT2D eigenvalue weighted by Gasteiger charge is 2.40. The van der Waals surface area contributed by atoms with Gasteiger partial charge in [-0.25, -0.2) is 4.79 Å². The number of carbonyl (C=O) groups excluding carboxylic acids is 1. The van der Waals surface area contributed by atoms with E-state index in [0.717, 1.165) is 19.3 Å². The molecule has 0 saturated heterocycles. The number of carbonyl (C=O) groups is 3. The summed E-state index contributed by atoms with van der Waals surface area (Å²) in [7, 11) is 0. The summed E-state index contributed by atoms with van der Waals surface area (Å²) in [4.78, 5) is 33.7. The molecule has 1 unspecified atom stereocenters. The molecule has 1 atom stereocenters. The lowest BCUT2D eigenvalue weighted by molar-refractivity contribution is -0.148. The smallest absolute Gasteiger partial charge is 0.326 e. The summed E-state index contributed by atoms with van der Waals surface area (Å²) in [6, 6.07) is -1.41. The van der Waals surface area contributed by atoms with Crippen molar-refractivity contribution in [3.63, 3.8) is 0 Å². The van der Waals surface area contributed by atoms with Crippen molar-refractivity contribution in [3.05, 3.63) is 0 Å². The van der Waals surface area contributed by atoms with Gasteiger partial charge in [0.1, 0.15) is 6.04 Å². The van der Waals surface area contributed by atoms with E-state index in [1.54, 1.807) is 0 Å². The van der Waals surface area contributed by atoms with E-state index < -0.39 is 35.7 Å². The third-order valence-electron chi connectivity index (χ3n) is 3.67. The van der Waals surface area contributed by atoms with Gasteiger partial charge in [0.05, 0.1) is 11.8 Å². The molecule has 0 aliphatic heterocycles. The zero-order chi connectivity index (χ0) is 14.5. The van der Waals surface area contributed by atoms with Crippen molar-refractivity contribution in [1.82, 2.24) is 5.32 Å². The summed E-state index contributed by atoms with van der Waals surface area (Å²) in [6.07, 6.45) is 3.39. The first-order valence-corrected chi connectivity index (χ1v) is 6.37. The van der Waals surface area contributed by atoms with Crippen LogP contribution >= 0.6 is 0 Å². The van der Waals surface area contributed by atoms with Crippen molar-refractivity contribution in [2.75, 3.05) is 6.54 Å². The minimum atomic E-state index is -1.41. The molecule has 0 heterocycles. The van der Waals surface area contributed by atoms with Gasteiger partial charge in [-0.2, -0.15) is 0 Å². The molecule has 0 radical (unpaired) electrons. The maximum absolute atomic E-state index is 12.2. The van der Waals surface area contributed by atoms with E-state index in [9.17, 15) is 14.4 Å². The fraction of sp³-hybridized carbons (Fsp3) is 0.750. The minimum absolute atomic E-state index is 0.151. The molecule has 1 saturated carbocycles. The highest BCUT2D eigenvalue weighted by atomic mass is 16.4. The lowest BCUT2D eigenvalue weighted by Crippen LogP contribution is -2.52. The van der Waals surface area contributed by atoms with Gasteiger partial charge in [-0.15, -0.1) is 0 Å². The van der Waals surface area contributed by atoms with Gasteiger partial charge in [0.25, 0.3) is 0 Å². The number of carboxylic acids is 2. The van der Waals surface area contributed by atoms with Crippen LogP contribution in [-0.2, 0) is 14.4 Å². The van der Waals surface area contributed by atoms with Gasteiger partial charge < -0.3 is 21.3 Å². The number of nitrogens with two attached hydrogens (primary N) is 1. The Hall–Kier alpha value is -1.63. The second kappa shape index (κ2) is 6.51. The first kappa shape index (κ1) is 15.4. The van der Waals surface area contributed by atoms with Crippen LogP contribution in [0.15, 0.2) is 0 Å². The van der Waals surface area contributed by atoms with E-state index in [1.807, 2.05) is 0 Å². The van der Waals surface area contributed by atoms with Crippen LogP contribution in [0.4, 0.5) is 0 Å². The van der Waals surface area contributed by atoms with Gasteiger partial charge in [0.15, 0.2) is 0 Å². The maximum atomic E-state index is 12.2. The second-order valence-corrected chi connectivity index (χ2v) is 5.01. The van der Waals surface area contributed by atoms with Gasteiger partial charge in [0.2, 0.25) is 5.91 Å². The van der Waals surface area contributed by atoms with E-state index in [1.165, 1.54) is 0 Å². The van der Waals surface area contributed by atoms with Crippen molar-refractivity contribution < 1.29 is 24.6 Å². The Bertz CT molecular complexity index is 363. The van der Waals surface area contributed by atoms with Gasteiger partial charge >= 0.3 is 11.9 Å². The van der Waals surface area contributed by atoms with Crippen molar-refractivity contribution >= 4 is 17.8 Å². The molecule has 7 nitrogen and oxygen atoms in total. The first-order valence-electron chi connectivity index (χ1n) is 6.37. The summed E-state index contributed by atoms with van der Waals surface area (Å²) in [6.45, 7) is 0.151. The number of amides is 1. The molecule has 5 N–H and O–H groups in total. The number of aliphatic carboxylic acids is 2. The number of nitrogens with one attached hydrogen (secondary N) is 1. The van der Waals surface area contributed by atoms with Gasteiger partial charge in [-0.05, 0) is 12.8 Å². The Balaban J connectivity index is 2.74. The summed E-state index contributed by atoms with van der Waals surface area (Å²) in [5, 5.41) is 19.9. The average Bonchev–Trinajstić information content (AvgIpc) is 2.38. The minimum Gasteiger partial charge on any atom is -0.481 e. The summed E-state index contributed by atoms with van der Waals surface area (Å²) in [5.74, 6) is -3.06. The van der Waals surface area contributed by atoms with Crippen LogP contribution in [0.5, 0.6) is 0 Å². The van der Waals surface area contributed by atoms with Gasteiger partial charge in [0, 0.05) is 6.54 Å². The van der Waals surface area contributed by atoms with Gasteiger partial charge in [-0.1, -0.05) is 19.3 Å². The summed E-state index contributed by atoms with van der Waals surface area (Å²) < 4.78 is 0. The van der Waals surface area contributed by atoms with E-state index in [4.69, 9.17) is 15.9 Å². The van der Waals surface area contributed by atoms with Crippen LogP contribution in [-0.4, -0.2) is 40.6 Å². The molecule has 1 amide bonds. The fourth-order valence-corrected chi connectivity index (χ4v) is 2.44. The molecule has 1 aliphatic carbocycles. The van der Waals surface area contributed by atoms with E-state index in [-0.39, 0.29) is 6.54 Å². The van der Waals surface area contributed by atoms with Crippen molar-refractivity contribution in [2.24, 2.45) is 11.1 Å². The number of hydrogen-bond acceptors (Lipinski definition) is 4. The lowest BCUT2D eigenvalue weighted by Gasteiger charge is -2.35. The normalized spacial score (nSPS) is 19.4. The molecule has 0 aromatic rings. The van der Waals surface area contributed by atoms with E-state index in [2.05, 4.69) is 5.32 Å². The third-order valence-corrected chi connectivity index (χ3v) is 3.67. The van der Waals surface area contributed by atoms with Crippen LogP contribution in [0, 0.1) is 5.41 Å². The van der Waals surface area contributed by atoms with Crippen LogP contribution in [0.2, 0.25) is 0 Å². The monoisotopic (exact) mass is 272 g/mol. The molecule has 0 spiro atoms. The molecule has 0 aromatic heterocycles. The maximum Gasteiger partial charge on any atom is 0.326 e. The van der Waals surface area contributed by atoms with Crippen LogP contribution in [0.1, 0.15) is 38.5 Å². The fourth-order valence-electron chi connectivity index (χ4n) is 2.44. The Morgan fingerprint density at radius 3 is 2.16 bits per heavy atom. The summed E-state index contributed by atoms with van der Waals surface area (Å²) >= 11 is 0. The standard InChI is InChI=1S/C12H20N2O5/c13-7-12(4-2-1-3-5-12)11(19)14-8(10(17)18)6-9(15)16/h8H,1-7,13H2,(H,14,19)(H,15,16)(H,17,18). The predicted octanol–water partition coefficient (Wildman–Crippen LogP) is -0.0603. The van der Waals surface area contributed by atoms with E-state index >= 15 is 0 Å². The largest absolute Gasteiger partial charge is 0.481 e. The lowest BCUT2D eigenvalue weighted by atomic mass is 9.73. The molecule has 19 heavy (non-hydrogen) atoms. The molecule has 1 fully saturated rings.